The molecule has 104 valence electrons. The first-order chi connectivity index (χ1) is 8.60. The zero-order chi connectivity index (χ0) is 13.3. The first kappa shape index (κ1) is 13.9. The summed E-state index contributed by atoms with van der Waals surface area (Å²) in [6.07, 6.45) is 5.91. The SMILES string of the molecule is CCC(C(=O)N1C2CCCC2C[C@H]1C)C(C)OC. The van der Waals surface area contributed by atoms with Crippen molar-refractivity contribution in [3.8, 4) is 0 Å². The molecule has 0 aromatic heterocycles. The van der Waals surface area contributed by atoms with Crippen molar-refractivity contribution in [2.24, 2.45) is 11.8 Å². The highest BCUT2D eigenvalue weighted by Crippen LogP contribution is 2.42. The van der Waals surface area contributed by atoms with Gasteiger partial charge < -0.3 is 9.64 Å². The molecule has 0 bridgehead atoms. The lowest BCUT2D eigenvalue weighted by molar-refractivity contribution is -0.142. The van der Waals surface area contributed by atoms with Crippen LogP contribution >= 0.6 is 0 Å². The second kappa shape index (κ2) is 5.60. The first-order valence-corrected chi connectivity index (χ1v) is 7.45. The summed E-state index contributed by atoms with van der Waals surface area (Å²) >= 11 is 0. The molecule has 5 atom stereocenters. The Morgan fingerprint density at radius 3 is 2.78 bits per heavy atom. The number of amides is 1. The quantitative estimate of drug-likeness (QED) is 0.771. The predicted octanol–water partition coefficient (Wildman–Crippen LogP) is 2.84. The van der Waals surface area contributed by atoms with E-state index in [0.717, 1.165) is 12.3 Å². The second-order valence-electron chi connectivity index (χ2n) is 6.04. The van der Waals surface area contributed by atoms with Crippen LogP contribution in [0.2, 0.25) is 0 Å². The Morgan fingerprint density at radius 2 is 2.17 bits per heavy atom. The van der Waals surface area contributed by atoms with E-state index in [1.54, 1.807) is 7.11 Å². The van der Waals surface area contributed by atoms with Crippen LogP contribution in [-0.4, -0.2) is 36.1 Å². The third-order valence-electron chi connectivity index (χ3n) is 5.04. The molecule has 18 heavy (non-hydrogen) atoms. The van der Waals surface area contributed by atoms with Gasteiger partial charge in [-0.25, -0.2) is 0 Å². The van der Waals surface area contributed by atoms with E-state index in [-0.39, 0.29) is 12.0 Å². The highest BCUT2D eigenvalue weighted by Gasteiger charge is 2.45. The topological polar surface area (TPSA) is 29.5 Å². The molecule has 2 fully saturated rings. The normalized spacial score (nSPS) is 34.4. The zero-order valence-electron chi connectivity index (χ0n) is 12.2. The van der Waals surface area contributed by atoms with Gasteiger partial charge in [0, 0.05) is 19.2 Å². The number of fused-ring (bicyclic) bond motifs is 1. The number of carbonyl (C=O) groups excluding carboxylic acids is 1. The maximum atomic E-state index is 12.8. The van der Waals surface area contributed by atoms with Crippen molar-refractivity contribution in [1.82, 2.24) is 4.90 Å². The molecule has 0 N–H and O–H groups in total. The smallest absolute Gasteiger partial charge is 0.228 e. The molecule has 4 unspecified atom stereocenters. The Bertz CT molecular complexity index is 305. The third-order valence-corrected chi connectivity index (χ3v) is 5.04. The molecule has 1 saturated heterocycles. The molecule has 1 heterocycles. The van der Waals surface area contributed by atoms with Crippen LogP contribution in [0.4, 0.5) is 0 Å². The van der Waals surface area contributed by atoms with Gasteiger partial charge in [-0.05, 0) is 45.4 Å². The fraction of sp³-hybridized carbons (Fsp3) is 0.933. The van der Waals surface area contributed by atoms with Crippen LogP contribution in [0, 0.1) is 11.8 Å². The van der Waals surface area contributed by atoms with Gasteiger partial charge in [0.25, 0.3) is 0 Å². The molecule has 3 heteroatoms. The van der Waals surface area contributed by atoms with Gasteiger partial charge in [-0.2, -0.15) is 0 Å². The van der Waals surface area contributed by atoms with Crippen LogP contribution < -0.4 is 0 Å². The van der Waals surface area contributed by atoms with Crippen LogP contribution in [0.25, 0.3) is 0 Å². The van der Waals surface area contributed by atoms with E-state index in [1.165, 1.54) is 25.7 Å². The fourth-order valence-electron chi connectivity index (χ4n) is 3.98. The summed E-state index contributed by atoms with van der Waals surface area (Å²) in [4.78, 5) is 15.0. The number of hydrogen-bond acceptors (Lipinski definition) is 2. The summed E-state index contributed by atoms with van der Waals surface area (Å²) in [5.41, 5.74) is 0. The van der Waals surface area contributed by atoms with E-state index in [0.29, 0.717) is 18.0 Å². The van der Waals surface area contributed by atoms with Crippen LogP contribution in [0.1, 0.15) is 52.9 Å². The molecule has 1 saturated carbocycles. The van der Waals surface area contributed by atoms with Crippen LogP contribution in [0.3, 0.4) is 0 Å². The fourth-order valence-corrected chi connectivity index (χ4v) is 3.98. The average Bonchev–Trinajstić information content (AvgIpc) is 2.88. The standard InChI is InChI=1S/C15H27NO2/c1-5-13(11(3)18-4)15(17)16-10(2)9-12-7-6-8-14(12)16/h10-14H,5-9H2,1-4H3/t10-,11?,12?,13?,14?/m1/s1. The van der Waals surface area contributed by atoms with E-state index in [9.17, 15) is 4.79 Å². The van der Waals surface area contributed by atoms with E-state index in [4.69, 9.17) is 4.74 Å². The molecule has 0 aromatic carbocycles. The summed E-state index contributed by atoms with van der Waals surface area (Å²) in [5, 5.41) is 0. The Balaban J connectivity index is 2.11. The van der Waals surface area contributed by atoms with Crippen molar-refractivity contribution < 1.29 is 9.53 Å². The molecule has 1 aliphatic heterocycles. The van der Waals surface area contributed by atoms with Gasteiger partial charge in [-0.15, -0.1) is 0 Å². The van der Waals surface area contributed by atoms with Crippen molar-refractivity contribution in [3.05, 3.63) is 0 Å². The van der Waals surface area contributed by atoms with Gasteiger partial charge in [0.15, 0.2) is 0 Å². The number of likely N-dealkylation sites (tertiary alicyclic amines) is 1. The van der Waals surface area contributed by atoms with Gasteiger partial charge in [0.1, 0.15) is 0 Å². The van der Waals surface area contributed by atoms with Crippen molar-refractivity contribution in [3.63, 3.8) is 0 Å². The molecule has 0 spiro atoms. The Hall–Kier alpha value is -0.570. The number of nitrogens with zero attached hydrogens (tertiary/aromatic N) is 1. The van der Waals surface area contributed by atoms with Crippen LogP contribution in [0.15, 0.2) is 0 Å². The molecule has 1 amide bonds. The molecule has 3 nitrogen and oxygen atoms in total. The van der Waals surface area contributed by atoms with Gasteiger partial charge in [0.2, 0.25) is 5.91 Å². The number of methoxy groups -OCH3 is 1. The van der Waals surface area contributed by atoms with E-state index >= 15 is 0 Å². The Morgan fingerprint density at radius 1 is 1.44 bits per heavy atom. The minimum Gasteiger partial charge on any atom is -0.381 e. The number of rotatable bonds is 4. The average molecular weight is 253 g/mol. The third kappa shape index (κ3) is 2.29. The van der Waals surface area contributed by atoms with Gasteiger partial charge >= 0.3 is 0 Å². The van der Waals surface area contributed by atoms with E-state index in [1.807, 2.05) is 6.92 Å². The number of carbonyl (C=O) groups is 1. The van der Waals surface area contributed by atoms with Crippen molar-refractivity contribution in [2.45, 2.75) is 71.1 Å². The van der Waals surface area contributed by atoms with Crippen molar-refractivity contribution in [1.29, 1.82) is 0 Å². The highest BCUT2D eigenvalue weighted by molar-refractivity contribution is 5.80. The maximum Gasteiger partial charge on any atom is 0.228 e. The predicted molar refractivity (Wildman–Crippen MR) is 72.3 cm³/mol. The summed E-state index contributed by atoms with van der Waals surface area (Å²) in [6.45, 7) is 6.31. The lowest BCUT2D eigenvalue weighted by Gasteiger charge is -2.33. The molecule has 2 rings (SSSR count). The molecule has 0 radical (unpaired) electrons. The van der Waals surface area contributed by atoms with Gasteiger partial charge in [-0.1, -0.05) is 13.3 Å². The summed E-state index contributed by atoms with van der Waals surface area (Å²) in [5.74, 6) is 1.12. The van der Waals surface area contributed by atoms with Gasteiger partial charge in [0.05, 0.1) is 12.0 Å². The van der Waals surface area contributed by atoms with Crippen LogP contribution in [-0.2, 0) is 9.53 Å². The minimum atomic E-state index is 0.0233. The zero-order valence-corrected chi connectivity index (χ0v) is 12.2. The summed E-state index contributed by atoms with van der Waals surface area (Å²) < 4.78 is 5.38. The summed E-state index contributed by atoms with van der Waals surface area (Å²) in [6, 6.07) is 0.941. The van der Waals surface area contributed by atoms with Gasteiger partial charge in [-0.3, -0.25) is 4.79 Å². The Labute approximate surface area is 111 Å². The molecule has 2 aliphatic rings. The lowest BCUT2D eigenvalue weighted by atomic mass is 9.97. The highest BCUT2D eigenvalue weighted by atomic mass is 16.5. The molecular formula is C15H27NO2. The molecule has 1 aliphatic carbocycles. The van der Waals surface area contributed by atoms with Crippen molar-refractivity contribution >= 4 is 5.91 Å². The molecular weight excluding hydrogens is 226 g/mol. The second-order valence-corrected chi connectivity index (χ2v) is 6.04. The lowest BCUT2D eigenvalue weighted by Crippen LogP contribution is -2.46. The number of hydrogen-bond donors (Lipinski definition) is 0. The van der Waals surface area contributed by atoms with E-state index < -0.39 is 0 Å². The first-order valence-electron chi connectivity index (χ1n) is 7.45. The van der Waals surface area contributed by atoms with Crippen LogP contribution in [0.5, 0.6) is 0 Å². The maximum absolute atomic E-state index is 12.8. The molecule has 0 aromatic rings. The van der Waals surface area contributed by atoms with E-state index in [2.05, 4.69) is 18.7 Å². The number of ether oxygens (including phenoxy) is 1. The minimum absolute atomic E-state index is 0.0233. The van der Waals surface area contributed by atoms with Crippen molar-refractivity contribution in [2.75, 3.05) is 7.11 Å². The monoisotopic (exact) mass is 253 g/mol. The Kier molecular flexibility index (Phi) is 4.31. The summed E-state index contributed by atoms with van der Waals surface area (Å²) in [7, 11) is 1.70. The largest absolute Gasteiger partial charge is 0.381 e.